The molecule has 0 aliphatic carbocycles. The normalized spacial score (nSPS) is 10.6. The van der Waals surface area contributed by atoms with Gasteiger partial charge in [0.1, 0.15) is 17.5 Å². The molecular formula is C34H39BN9OPRhS3-. The average Bonchev–Trinajstić information content (AvgIpc) is 3.70. The number of hydrogen-bond donors (Lipinski definition) is 0. The van der Waals surface area contributed by atoms with Crippen LogP contribution in [0.3, 0.4) is 0 Å². The van der Waals surface area contributed by atoms with Crippen LogP contribution in [-0.2, 0) is 43.8 Å². The Morgan fingerprint density at radius 2 is 0.780 bits per heavy atom. The molecule has 0 atom stereocenters. The Bertz CT molecular complexity index is 1930. The zero-order valence-electron chi connectivity index (χ0n) is 28.8. The molecule has 2 radical (unpaired) electrons. The van der Waals surface area contributed by atoms with Crippen molar-refractivity contribution in [2.45, 2.75) is 61.2 Å². The van der Waals surface area contributed by atoms with E-state index in [1.165, 1.54) is 15.9 Å². The van der Waals surface area contributed by atoms with Crippen LogP contribution in [0.5, 0.6) is 0 Å². The van der Waals surface area contributed by atoms with Gasteiger partial charge in [0.05, 0.1) is 0 Å². The van der Waals surface area contributed by atoms with Gasteiger partial charge in [-0.15, -0.1) is 0 Å². The van der Waals surface area contributed by atoms with E-state index in [-0.39, 0.29) is 19.5 Å². The van der Waals surface area contributed by atoms with Gasteiger partial charge in [-0.2, -0.15) is 15.3 Å². The summed E-state index contributed by atoms with van der Waals surface area (Å²) in [5.74, 6) is 2.44. The van der Waals surface area contributed by atoms with Crippen molar-refractivity contribution in [1.29, 1.82) is 0 Å². The van der Waals surface area contributed by atoms with Gasteiger partial charge in [0.25, 0.3) is 7.12 Å². The molecule has 10 nitrogen and oxygen atoms in total. The molecule has 0 N–H and O–H groups in total. The summed E-state index contributed by atoms with van der Waals surface area (Å²) in [6.45, 7) is 18.6. The Balaban J connectivity index is 0.000000268. The number of aromatic nitrogens is 9. The third-order valence-corrected chi connectivity index (χ3v) is 11.5. The maximum absolute atomic E-state index is 7.50. The molecule has 0 aliphatic rings. The molecule has 0 amide bonds. The molecule has 3 heterocycles. The van der Waals surface area contributed by atoms with Gasteiger partial charge >= 0.3 is 11.3 Å². The third-order valence-electron chi connectivity index (χ3n) is 7.86. The number of hydrogen-bond acceptors (Lipinski definition) is 6. The first kappa shape index (κ1) is 41.0. The molecule has 0 unspecified atom stereocenters. The van der Waals surface area contributed by atoms with Gasteiger partial charge in [-0.25, -0.2) is 0 Å². The molecule has 16 heteroatoms. The molecule has 0 saturated heterocycles. The predicted octanol–water partition coefficient (Wildman–Crippen LogP) is 6.19. The van der Waals surface area contributed by atoms with Gasteiger partial charge in [0.15, 0.2) is 14.3 Å². The van der Waals surface area contributed by atoms with Crippen molar-refractivity contribution in [2.24, 2.45) is 0 Å². The number of rotatable bonds is 9. The minimum Gasteiger partial charge on any atom is -0.0622 e. The van der Waals surface area contributed by atoms with E-state index in [0.717, 1.165) is 37.1 Å². The SMILES string of the molecule is CCn1c(C)nn([B-](n2nc(C)n(CC)c2=S)n2nc(C)n(CC)c2=S)c1=S.[C-]#[O+].[Rh].c1ccc(P(c2ccccc2)c2ccccc2)cc1. The zero-order valence-corrected chi connectivity index (χ0v) is 33.8. The molecule has 0 fully saturated rings. The fourth-order valence-electron chi connectivity index (χ4n) is 5.58. The van der Waals surface area contributed by atoms with Crippen LogP contribution in [0.25, 0.3) is 0 Å². The summed E-state index contributed by atoms with van der Waals surface area (Å²) in [7, 11) is -1.06. The van der Waals surface area contributed by atoms with Crippen molar-refractivity contribution in [3.05, 3.63) is 129 Å². The first-order valence-electron chi connectivity index (χ1n) is 15.8. The zero-order chi connectivity index (χ0) is 35.7. The second-order valence-electron chi connectivity index (χ2n) is 10.7. The van der Waals surface area contributed by atoms with Crippen LogP contribution in [0.15, 0.2) is 91.0 Å². The molecular weight excluding hydrogens is 791 g/mol. The van der Waals surface area contributed by atoms with Crippen molar-refractivity contribution in [2.75, 3.05) is 0 Å². The molecule has 6 aromatic rings. The summed E-state index contributed by atoms with van der Waals surface area (Å²) in [6, 6.07) is 32.3. The van der Waals surface area contributed by atoms with E-state index in [1.807, 2.05) is 55.2 Å². The third kappa shape index (κ3) is 8.72. The smallest absolute Gasteiger partial charge is 0 e. The molecule has 0 bridgehead atoms. The summed E-state index contributed by atoms with van der Waals surface area (Å²) < 4.78 is 20.3. The van der Waals surface area contributed by atoms with Crippen LogP contribution in [0.2, 0.25) is 0 Å². The van der Waals surface area contributed by atoms with Gasteiger partial charge in [-0.1, -0.05) is 91.0 Å². The summed E-state index contributed by atoms with van der Waals surface area (Å²) in [6.07, 6.45) is 0. The van der Waals surface area contributed by atoms with Gasteiger partial charge in [0, 0.05) is 39.1 Å². The molecule has 262 valence electrons. The predicted molar refractivity (Wildman–Crippen MR) is 205 cm³/mol. The van der Waals surface area contributed by atoms with Crippen LogP contribution in [0, 0.1) is 41.7 Å². The van der Waals surface area contributed by atoms with Gasteiger partial charge in [-0.3, -0.25) is 0 Å². The Kier molecular flexibility index (Phi) is 15.8. The molecule has 0 spiro atoms. The van der Waals surface area contributed by atoms with Crippen LogP contribution >= 0.6 is 44.6 Å². The second kappa shape index (κ2) is 19.3. The average molecular weight is 831 g/mol. The van der Waals surface area contributed by atoms with Crippen LogP contribution in [0.1, 0.15) is 38.2 Å². The minimum atomic E-state index is -0.614. The van der Waals surface area contributed by atoms with E-state index >= 15 is 0 Å². The summed E-state index contributed by atoms with van der Waals surface area (Å²) in [5.41, 5.74) is 0. The molecule has 3 aromatic carbocycles. The minimum absolute atomic E-state index is 0. The molecule has 3 aromatic heterocycles. The first-order chi connectivity index (χ1) is 23.7. The van der Waals surface area contributed by atoms with E-state index < -0.39 is 15.0 Å². The quantitative estimate of drug-likeness (QED) is 0.0569. The van der Waals surface area contributed by atoms with E-state index in [1.54, 1.807) is 13.8 Å². The fourth-order valence-corrected chi connectivity index (χ4v) is 9.07. The Morgan fingerprint density at radius 3 is 0.980 bits per heavy atom. The monoisotopic (exact) mass is 830 g/mol. The van der Waals surface area contributed by atoms with Crippen molar-refractivity contribution < 1.29 is 24.1 Å². The second-order valence-corrected chi connectivity index (χ2v) is 14.1. The van der Waals surface area contributed by atoms with Crippen molar-refractivity contribution in [3.8, 4) is 0 Å². The Labute approximate surface area is 323 Å². The van der Waals surface area contributed by atoms with Crippen molar-refractivity contribution in [3.63, 3.8) is 0 Å². The Hall–Kier alpha value is -3.40. The van der Waals surface area contributed by atoms with Crippen molar-refractivity contribution in [1.82, 2.24) is 42.8 Å². The van der Waals surface area contributed by atoms with E-state index in [4.69, 9.17) is 41.3 Å². The summed E-state index contributed by atoms with van der Waals surface area (Å²) in [4.78, 5) is 0. The maximum Gasteiger partial charge on any atom is 0 e. The standard InChI is InChI=1S/C18H15P.C15H24BN9S3.CO.Rh/c1-4-10-16(11-5-1)19(17-12-6-2-7-13-17)18-14-8-3-9-15-18;1-7-20-10(4)17-23(13(20)26)16(24-14(27)21(8-2)11(5)18-24)25-15(28)22(9-3)12(6)19-25;1-2;/h1-15H;7-9H2,1-6H3;;/q;-1;;. The van der Waals surface area contributed by atoms with E-state index in [9.17, 15) is 0 Å². The van der Waals surface area contributed by atoms with E-state index in [0.29, 0.717) is 14.3 Å². The topological polar surface area (TPSA) is 88.2 Å². The van der Waals surface area contributed by atoms with Gasteiger partial charge in [-0.05, 0) is 102 Å². The van der Waals surface area contributed by atoms with Gasteiger partial charge < -0.3 is 27.5 Å². The summed E-state index contributed by atoms with van der Waals surface area (Å²) in [5, 5.41) is 18.3. The van der Waals surface area contributed by atoms with Crippen molar-refractivity contribution >= 4 is 67.6 Å². The molecule has 50 heavy (non-hydrogen) atoms. The Morgan fingerprint density at radius 1 is 0.540 bits per heavy atom. The molecule has 0 aliphatic heterocycles. The fraction of sp³-hybridized carbons (Fsp3) is 0.265. The summed E-state index contributed by atoms with van der Waals surface area (Å²) >= 11 is 17.1. The number of benzene rings is 3. The molecule has 6 rings (SSSR count). The van der Waals surface area contributed by atoms with Crippen LogP contribution < -0.4 is 15.9 Å². The first-order valence-corrected chi connectivity index (χ1v) is 18.4. The van der Waals surface area contributed by atoms with E-state index in [2.05, 4.69) is 113 Å². The van der Waals surface area contributed by atoms with Crippen LogP contribution in [-0.4, -0.2) is 49.9 Å². The largest absolute Gasteiger partial charge is 0.0622 e. The van der Waals surface area contributed by atoms with Gasteiger partial charge in [0.2, 0.25) is 0 Å². The van der Waals surface area contributed by atoms with Crippen LogP contribution in [0.4, 0.5) is 0 Å². The maximum atomic E-state index is 7.50. The molecule has 0 saturated carbocycles. The number of aryl methyl sites for hydroxylation is 3. The number of nitrogens with zero attached hydrogens (tertiary/aromatic N) is 9.